The Bertz CT molecular complexity index is 197. The summed E-state index contributed by atoms with van der Waals surface area (Å²) < 4.78 is 5.68. The van der Waals surface area contributed by atoms with E-state index in [9.17, 15) is 4.79 Å². The maximum Gasteiger partial charge on any atom is 0.319 e. The highest BCUT2D eigenvalue weighted by atomic mass is 127. The summed E-state index contributed by atoms with van der Waals surface area (Å²) in [7, 11) is 0. The van der Waals surface area contributed by atoms with Crippen LogP contribution in [0, 0.1) is 0 Å². The van der Waals surface area contributed by atoms with E-state index in [1.165, 1.54) is 12.8 Å². The van der Waals surface area contributed by atoms with Crippen LogP contribution in [-0.2, 0) is 9.53 Å². The second-order valence-electron chi connectivity index (χ2n) is 4.04. The number of hydrogen-bond donors (Lipinski definition) is 0. The number of alkyl halides is 1. The molecule has 0 saturated heterocycles. The van der Waals surface area contributed by atoms with Crippen molar-refractivity contribution in [3.8, 4) is 0 Å². The first kappa shape index (κ1) is 12.3. The fourth-order valence-corrected chi connectivity index (χ4v) is 2.12. The van der Waals surface area contributed by atoms with Crippen molar-refractivity contribution in [2.45, 2.75) is 61.9 Å². The molecular formula is C11H19IO2. The minimum Gasteiger partial charge on any atom is -0.458 e. The van der Waals surface area contributed by atoms with E-state index < -0.39 is 0 Å². The molecule has 0 radical (unpaired) electrons. The molecule has 0 heterocycles. The largest absolute Gasteiger partial charge is 0.458 e. The third-order valence-electron chi connectivity index (χ3n) is 3.09. The fourth-order valence-electron chi connectivity index (χ4n) is 1.99. The lowest BCUT2D eigenvalue weighted by Gasteiger charge is -2.28. The lowest BCUT2D eigenvalue weighted by atomic mass is 9.99. The lowest BCUT2D eigenvalue weighted by molar-refractivity contribution is -0.158. The number of halogens is 1. The summed E-state index contributed by atoms with van der Waals surface area (Å²) in [5, 5.41) is 0. The van der Waals surface area contributed by atoms with Gasteiger partial charge in [-0.05, 0) is 38.5 Å². The Balaban J connectivity index is 2.52. The molecule has 1 atom stereocenters. The standard InChI is InChI=1S/C11H19IO2/c1-3-9(12)10(13)14-11(4-2)7-5-6-8-11/h9H,3-8H2,1-2H3. The van der Waals surface area contributed by atoms with Gasteiger partial charge in [-0.25, -0.2) is 0 Å². The number of hydrogen-bond acceptors (Lipinski definition) is 2. The third kappa shape index (κ3) is 2.84. The van der Waals surface area contributed by atoms with Gasteiger partial charge in [0.25, 0.3) is 0 Å². The third-order valence-corrected chi connectivity index (χ3v) is 4.48. The van der Waals surface area contributed by atoms with E-state index in [1.807, 2.05) is 6.92 Å². The van der Waals surface area contributed by atoms with Crippen LogP contribution < -0.4 is 0 Å². The summed E-state index contributed by atoms with van der Waals surface area (Å²) in [5.74, 6) is -0.0168. The van der Waals surface area contributed by atoms with Crippen LogP contribution in [0.25, 0.3) is 0 Å². The topological polar surface area (TPSA) is 26.3 Å². The average Bonchev–Trinajstić information content (AvgIpc) is 2.65. The molecule has 1 unspecified atom stereocenters. The second-order valence-corrected chi connectivity index (χ2v) is 5.54. The molecule has 0 aromatic carbocycles. The average molecular weight is 310 g/mol. The predicted molar refractivity (Wildman–Crippen MR) is 65.7 cm³/mol. The smallest absolute Gasteiger partial charge is 0.319 e. The Morgan fingerprint density at radius 1 is 1.43 bits per heavy atom. The van der Waals surface area contributed by atoms with E-state index in [2.05, 4.69) is 29.5 Å². The van der Waals surface area contributed by atoms with Gasteiger partial charge in [-0.2, -0.15) is 0 Å². The summed E-state index contributed by atoms with van der Waals surface area (Å²) in [5.41, 5.74) is -0.115. The summed E-state index contributed by atoms with van der Waals surface area (Å²) in [6, 6.07) is 0. The van der Waals surface area contributed by atoms with Crippen molar-refractivity contribution in [3.05, 3.63) is 0 Å². The van der Waals surface area contributed by atoms with Crippen molar-refractivity contribution in [1.29, 1.82) is 0 Å². The van der Waals surface area contributed by atoms with Crippen molar-refractivity contribution in [3.63, 3.8) is 0 Å². The van der Waals surface area contributed by atoms with E-state index in [1.54, 1.807) is 0 Å². The molecule has 0 amide bonds. The summed E-state index contributed by atoms with van der Waals surface area (Å²) in [4.78, 5) is 11.7. The number of carbonyl (C=O) groups excluding carboxylic acids is 1. The molecule has 0 spiro atoms. The van der Waals surface area contributed by atoms with Gasteiger partial charge in [0.15, 0.2) is 0 Å². The van der Waals surface area contributed by atoms with Crippen molar-refractivity contribution < 1.29 is 9.53 Å². The highest BCUT2D eigenvalue weighted by molar-refractivity contribution is 14.1. The first-order chi connectivity index (χ1) is 6.63. The number of rotatable bonds is 4. The highest BCUT2D eigenvalue weighted by Crippen LogP contribution is 2.36. The molecule has 1 aliphatic carbocycles. The van der Waals surface area contributed by atoms with E-state index in [0.29, 0.717) is 0 Å². The molecule has 0 aromatic heterocycles. The van der Waals surface area contributed by atoms with Gasteiger partial charge < -0.3 is 4.74 Å². The molecule has 0 bridgehead atoms. The molecule has 0 aromatic rings. The van der Waals surface area contributed by atoms with Crippen molar-refractivity contribution in [1.82, 2.24) is 0 Å². The first-order valence-corrected chi connectivity index (χ1v) is 6.75. The van der Waals surface area contributed by atoms with Crippen molar-refractivity contribution >= 4 is 28.6 Å². The summed E-state index contributed by atoms with van der Waals surface area (Å²) in [6.45, 7) is 4.14. The normalized spacial score (nSPS) is 21.9. The summed E-state index contributed by atoms with van der Waals surface area (Å²) in [6.07, 6.45) is 6.36. The van der Waals surface area contributed by atoms with E-state index in [0.717, 1.165) is 25.7 Å². The number of ether oxygens (including phenoxy) is 1. The zero-order valence-electron chi connectivity index (χ0n) is 9.01. The van der Waals surface area contributed by atoms with Crippen LogP contribution in [0.4, 0.5) is 0 Å². The van der Waals surface area contributed by atoms with Gasteiger partial charge >= 0.3 is 5.97 Å². The first-order valence-electron chi connectivity index (χ1n) is 5.50. The fraction of sp³-hybridized carbons (Fsp3) is 0.909. The number of esters is 1. The quantitative estimate of drug-likeness (QED) is 0.451. The molecule has 0 N–H and O–H groups in total. The monoisotopic (exact) mass is 310 g/mol. The van der Waals surface area contributed by atoms with Crippen LogP contribution in [0.1, 0.15) is 52.4 Å². The minimum absolute atomic E-state index is 0.0168. The van der Waals surface area contributed by atoms with Crippen LogP contribution in [0.2, 0.25) is 0 Å². The maximum absolute atomic E-state index is 11.7. The maximum atomic E-state index is 11.7. The van der Waals surface area contributed by atoms with Gasteiger partial charge in [-0.1, -0.05) is 36.4 Å². The number of carbonyl (C=O) groups is 1. The van der Waals surface area contributed by atoms with Crippen molar-refractivity contribution in [2.75, 3.05) is 0 Å². The molecule has 2 nitrogen and oxygen atoms in total. The van der Waals surface area contributed by atoms with E-state index >= 15 is 0 Å². The van der Waals surface area contributed by atoms with Gasteiger partial charge in [0.1, 0.15) is 9.53 Å². The predicted octanol–water partition coefficient (Wildman–Crippen LogP) is 3.47. The Labute approximate surface area is 99.9 Å². The Hall–Kier alpha value is 0.200. The SMILES string of the molecule is CCC(I)C(=O)OC1(CC)CCCC1. The molecule has 14 heavy (non-hydrogen) atoms. The van der Waals surface area contributed by atoms with Gasteiger partial charge in [0, 0.05) is 0 Å². The molecule has 1 rings (SSSR count). The summed E-state index contributed by atoms with van der Waals surface area (Å²) >= 11 is 2.17. The van der Waals surface area contributed by atoms with Gasteiger partial charge in [-0.15, -0.1) is 0 Å². The highest BCUT2D eigenvalue weighted by Gasteiger charge is 2.36. The minimum atomic E-state index is -0.115. The lowest BCUT2D eigenvalue weighted by Crippen LogP contribution is -2.34. The molecule has 82 valence electrons. The molecule has 1 aliphatic rings. The van der Waals surface area contributed by atoms with Gasteiger partial charge in [0.2, 0.25) is 0 Å². The molecular weight excluding hydrogens is 291 g/mol. The second kappa shape index (κ2) is 5.33. The van der Waals surface area contributed by atoms with Gasteiger partial charge in [-0.3, -0.25) is 4.79 Å². The Morgan fingerprint density at radius 3 is 2.43 bits per heavy atom. The Kier molecular flexibility index (Phi) is 4.67. The molecule has 3 heteroatoms. The van der Waals surface area contributed by atoms with Crippen LogP contribution in [0.15, 0.2) is 0 Å². The molecule has 1 saturated carbocycles. The molecule has 0 aliphatic heterocycles. The van der Waals surface area contributed by atoms with Crippen LogP contribution in [-0.4, -0.2) is 15.5 Å². The van der Waals surface area contributed by atoms with Crippen LogP contribution >= 0.6 is 22.6 Å². The van der Waals surface area contributed by atoms with Gasteiger partial charge in [0.05, 0.1) is 0 Å². The van der Waals surface area contributed by atoms with E-state index in [-0.39, 0.29) is 15.5 Å². The van der Waals surface area contributed by atoms with E-state index in [4.69, 9.17) is 4.74 Å². The van der Waals surface area contributed by atoms with Crippen LogP contribution in [0.5, 0.6) is 0 Å². The Morgan fingerprint density at radius 2 is 2.00 bits per heavy atom. The zero-order chi connectivity index (χ0) is 10.6. The molecule has 1 fully saturated rings. The van der Waals surface area contributed by atoms with Crippen LogP contribution in [0.3, 0.4) is 0 Å². The van der Waals surface area contributed by atoms with Crippen molar-refractivity contribution in [2.24, 2.45) is 0 Å². The zero-order valence-corrected chi connectivity index (χ0v) is 11.2.